The molecule has 2 nitrogen and oxygen atoms in total. The van der Waals surface area contributed by atoms with Gasteiger partial charge in [-0.3, -0.25) is 4.68 Å². The molecule has 0 N–H and O–H groups in total. The molecule has 0 aliphatic carbocycles. The lowest BCUT2D eigenvalue weighted by Crippen LogP contribution is -1.92. The number of fused-ring (bicyclic) bond motifs is 1. The Morgan fingerprint density at radius 3 is 2.78 bits per heavy atom. The molecule has 1 heterocycles. The molecule has 0 bridgehead atoms. The van der Waals surface area contributed by atoms with Gasteiger partial charge in [0, 0.05) is 23.7 Å². The fraction of sp³-hybridized carbons (Fsp3) is 0.133. The van der Waals surface area contributed by atoms with Crippen LogP contribution in [-0.2, 0) is 6.54 Å². The molecule has 0 amide bonds. The quantitative estimate of drug-likeness (QED) is 0.665. The van der Waals surface area contributed by atoms with Crippen LogP contribution in [0.3, 0.4) is 0 Å². The van der Waals surface area contributed by atoms with Gasteiger partial charge >= 0.3 is 0 Å². The van der Waals surface area contributed by atoms with Crippen molar-refractivity contribution in [2.75, 3.05) is 0 Å². The van der Waals surface area contributed by atoms with E-state index in [1.165, 1.54) is 6.07 Å². The Bertz CT molecular complexity index is 701. The predicted octanol–water partition coefficient (Wildman–Crippen LogP) is 3.86. The molecule has 0 aliphatic heterocycles. The third-order valence-corrected chi connectivity index (χ3v) is 3.06. The van der Waals surface area contributed by atoms with E-state index in [9.17, 15) is 4.39 Å². The summed E-state index contributed by atoms with van der Waals surface area (Å²) in [6, 6.07) is 12.6. The molecule has 2 aromatic carbocycles. The van der Waals surface area contributed by atoms with Gasteiger partial charge in [-0.25, -0.2) is 4.39 Å². The maximum atomic E-state index is 13.7. The summed E-state index contributed by atoms with van der Waals surface area (Å²) in [5.41, 5.74) is 2.38. The van der Waals surface area contributed by atoms with Crippen molar-refractivity contribution in [3.05, 3.63) is 54.5 Å². The van der Waals surface area contributed by atoms with E-state index in [-0.39, 0.29) is 5.82 Å². The van der Waals surface area contributed by atoms with Crippen LogP contribution in [0, 0.1) is 5.82 Å². The van der Waals surface area contributed by atoms with Gasteiger partial charge in [-0.15, -0.1) is 0 Å². The van der Waals surface area contributed by atoms with E-state index in [0.29, 0.717) is 5.56 Å². The van der Waals surface area contributed by atoms with Crippen molar-refractivity contribution < 1.29 is 4.39 Å². The first-order valence-corrected chi connectivity index (χ1v) is 6.00. The van der Waals surface area contributed by atoms with Crippen LogP contribution < -0.4 is 0 Å². The Balaban J connectivity index is 2.16. The Hall–Kier alpha value is -2.16. The highest BCUT2D eigenvalue weighted by Crippen LogP contribution is 2.25. The van der Waals surface area contributed by atoms with Crippen molar-refractivity contribution in [1.82, 2.24) is 9.78 Å². The van der Waals surface area contributed by atoms with E-state index >= 15 is 0 Å². The molecule has 0 atom stereocenters. The average molecular weight is 240 g/mol. The molecule has 0 fully saturated rings. The van der Waals surface area contributed by atoms with E-state index in [1.54, 1.807) is 12.1 Å². The van der Waals surface area contributed by atoms with Gasteiger partial charge in [-0.05, 0) is 24.6 Å². The van der Waals surface area contributed by atoms with Gasteiger partial charge in [0.05, 0.1) is 5.52 Å². The van der Waals surface area contributed by atoms with Gasteiger partial charge in [-0.2, -0.15) is 5.10 Å². The summed E-state index contributed by atoms with van der Waals surface area (Å²) in [6.45, 7) is 2.88. The molecule has 0 unspecified atom stereocenters. The third kappa shape index (κ3) is 1.78. The zero-order valence-electron chi connectivity index (χ0n) is 10.1. The van der Waals surface area contributed by atoms with E-state index in [0.717, 1.165) is 23.0 Å². The first kappa shape index (κ1) is 11.0. The standard InChI is InChI=1S/C15H13FN2/c1-2-18-10-12-8-7-11(9-15(12)17-18)13-5-3-4-6-14(13)16/h3-10H,2H2,1H3. The van der Waals surface area contributed by atoms with Crippen molar-refractivity contribution in [2.24, 2.45) is 0 Å². The number of halogens is 1. The summed E-state index contributed by atoms with van der Waals surface area (Å²) in [6.07, 6.45) is 2.00. The minimum absolute atomic E-state index is 0.202. The largest absolute Gasteiger partial charge is 0.272 e. The number of aromatic nitrogens is 2. The first-order chi connectivity index (χ1) is 8.78. The second-order valence-electron chi connectivity index (χ2n) is 4.24. The van der Waals surface area contributed by atoms with Crippen molar-refractivity contribution in [1.29, 1.82) is 0 Å². The van der Waals surface area contributed by atoms with E-state index in [1.807, 2.05) is 42.1 Å². The van der Waals surface area contributed by atoms with E-state index < -0.39 is 0 Å². The summed E-state index contributed by atoms with van der Waals surface area (Å²) in [4.78, 5) is 0. The SMILES string of the molecule is CCn1cc2ccc(-c3ccccc3F)cc2n1. The molecule has 0 saturated carbocycles. The summed E-state index contributed by atoms with van der Waals surface area (Å²) in [7, 11) is 0. The van der Waals surface area contributed by atoms with Crippen LogP contribution in [-0.4, -0.2) is 9.78 Å². The fourth-order valence-electron chi connectivity index (χ4n) is 2.09. The summed E-state index contributed by atoms with van der Waals surface area (Å²) < 4.78 is 15.6. The highest BCUT2D eigenvalue weighted by Gasteiger charge is 2.06. The lowest BCUT2D eigenvalue weighted by atomic mass is 10.0. The number of rotatable bonds is 2. The highest BCUT2D eigenvalue weighted by molar-refractivity contribution is 5.84. The van der Waals surface area contributed by atoms with Crippen molar-refractivity contribution >= 4 is 10.9 Å². The predicted molar refractivity (Wildman–Crippen MR) is 70.8 cm³/mol. The summed E-state index contributed by atoms with van der Waals surface area (Å²) >= 11 is 0. The van der Waals surface area contributed by atoms with Gasteiger partial charge in [0.1, 0.15) is 5.82 Å². The maximum absolute atomic E-state index is 13.7. The number of benzene rings is 2. The van der Waals surface area contributed by atoms with Gasteiger partial charge in [0.25, 0.3) is 0 Å². The molecular formula is C15H13FN2. The zero-order chi connectivity index (χ0) is 12.5. The Labute approximate surface area is 105 Å². The van der Waals surface area contributed by atoms with Crippen molar-refractivity contribution in [2.45, 2.75) is 13.5 Å². The monoisotopic (exact) mass is 240 g/mol. The summed E-state index contributed by atoms with van der Waals surface area (Å²) in [5, 5.41) is 5.52. The smallest absolute Gasteiger partial charge is 0.131 e. The molecule has 3 aromatic rings. The molecule has 0 aliphatic rings. The van der Waals surface area contributed by atoms with E-state index in [2.05, 4.69) is 5.10 Å². The summed E-state index contributed by atoms with van der Waals surface area (Å²) in [5.74, 6) is -0.202. The lowest BCUT2D eigenvalue weighted by molar-refractivity contribution is 0.631. The minimum atomic E-state index is -0.202. The topological polar surface area (TPSA) is 17.8 Å². The van der Waals surface area contributed by atoms with Gasteiger partial charge in [0.15, 0.2) is 0 Å². The van der Waals surface area contributed by atoms with E-state index in [4.69, 9.17) is 0 Å². The fourth-order valence-corrected chi connectivity index (χ4v) is 2.09. The van der Waals surface area contributed by atoms with Gasteiger partial charge in [-0.1, -0.05) is 30.3 Å². The molecule has 0 saturated heterocycles. The second kappa shape index (κ2) is 4.26. The minimum Gasteiger partial charge on any atom is -0.272 e. The van der Waals surface area contributed by atoms with Crippen LogP contribution >= 0.6 is 0 Å². The van der Waals surface area contributed by atoms with Crippen LogP contribution in [0.4, 0.5) is 4.39 Å². The van der Waals surface area contributed by atoms with Crippen molar-refractivity contribution in [3.63, 3.8) is 0 Å². The number of hydrogen-bond donors (Lipinski definition) is 0. The molecule has 0 radical (unpaired) electrons. The van der Waals surface area contributed by atoms with Crippen LogP contribution in [0.2, 0.25) is 0 Å². The Morgan fingerprint density at radius 2 is 2.00 bits per heavy atom. The maximum Gasteiger partial charge on any atom is 0.131 e. The zero-order valence-corrected chi connectivity index (χ0v) is 10.1. The van der Waals surface area contributed by atoms with Crippen LogP contribution in [0.5, 0.6) is 0 Å². The molecule has 3 heteroatoms. The molecule has 18 heavy (non-hydrogen) atoms. The lowest BCUT2D eigenvalue weighted by Gasteiger charge is -2.02. The Kier molecular flexibility index (Phi) is 2.59. The van der Waals surface area contributed by atoms with Crippen LogP contribution in [0.1, 0.15) is 6.92 Å². The number of aryl methyl sites for hydroxylation is 1. The average Bonchev–Trinajstić information content (AvgIpc) is 2.81. The number of hydrogen-bond acceptors (Lipinski definition) is 1. The van der Waals surface area contributed by atoms with Crippen LogP contribution in [0.25, 0.3) is 22.0 Å². The third-order valence-electron chi connectivity index (χ3n) is 3.06. The van der Waals surface area contributed by atoms with Gasteiger partial charge in [0.2, 0.25) is 0 Å². The number of nitrogens with zero attached hydrogens (tertiary/aromatic N) is 2. The molecule has 1 aromatic heterocycles. The van der Waals surface area contributed by atoms with Crippen molar-refractivity contribution in [3.8, 4) is 11.1 Å². The molecule has 0 spiro atoms. The highest BCUT2D eigenvalue weighted by atomic mass is 19.1. The van der Waals surface area contributed by atoms with Gasteiger partial charge < -0.3 is 0 Å². The molecular weight excluding hydrogens is 227 g/mol. The van der Waals surface area contributed by atoms with Crippen LogP contribution in [0.15, 0.2) is 48.7 Å². The Morgan fingerprint density at radius 1 is 1.17 bits per heavy atom. The first-order valence-electron chi connectivity index (χ1n) is 6.00. The molecule has 3 rings (SSSR count). The normalized spacial score (nSPS) is 11.0. The molecule has 90 valence electrons. The second-order valence-corrected chi connectivity index (χ2v) is 4.24.